The molecule has 2 aromatic carbocycles. The third-order valence-electron chi connectivity index (χ3n) is 2.98. The van der Waals surface area contributed by atoms with Gasteiger partial charge in [-0.3, -0.25) is 4.79 Å². The second kappa shape index (κ2) is 7.74. The highest BCUT2D eigenvalue weighted by Crippen LogP contribution is 2.11. The third kappa shape index (κ3) is 5.16. The van der Waals surface area contributed by atoms with Crippen LogP contribution in [-0.4, -0.2) is 18.4 Å². The Hall–Kier alpha value is -1.94. The number of hydrogen-bond donors (Lipinski definition) is 0. The van der Waals surface area contributed by atoms with Gasteiger partial charge in [-0.15, -0.1) is 0 Å². The molecule has 0 aliphatic rings. The van der Waals surface area contributed by atoms with Crippen LogP contribution in [0.2, 0.25) is 0 Å². The number of carbonyl (C=O) groups excluding carboxylic acids is 2. The maximum Gasteiger partial charge on any atom is 0.338 e. The van der Waals surface area contributed by atoms with Gasteiger partial charge in [-0.1, -0.05) is 46.3 Å². The molecule has 2 rings (SSSR count). The van der Waals surface area contributed by atoms with E-state index in [1.165, 1.54) is 0 Å². The van der Waals surface area contributed by atoms with Gasteiger partial charge in [-0.05, 0) is 36.2 Å². The number of rotatable bonds is 6. The molecule has 0 bridgehead atoms. The van der Waals surface area contributed by atoms with Crippen molar-refractivity contribution in [1.29, 1.82) is 0 Å². The molecule has 0 heterocycles. The fourth-order valence-corrected chi connectivity index (χ4v) is 2.08. The Balaban J connectivity index is 1.76. The van der Waals surface area contributed by atoms with Gasteiger partial charge in [0.15, 0.2) is 5.78 Å². The van der Waals surface area contributed by atoms with E-state index in [9.17, 15) is 9.59 Å². The summed E-state index contributed by atoms with van der Waals surface area (Å²) in [6.45, 7) is -0.179. The van der Waals surface area contributed by atoms with Gasteiger partial charge in [0, 0.05) is 10.9 Å². The molecule has 0 N–H and O–H groups in total. The number of benzene rings is 2. The highest BCUT2D eigenvalue weighted by atomic mass is 79.9. The molecule has 108 valence electrons. The lowest BCUT2D eigenvalue weighted by Crippen LogP contribution is -2.14. The van der Waals surface area contributed by atoms with Gasteiger partial charge in [0.05, 0.1) is 5.56 Å². The molecule has 21 heavy (non-hydrogen) atoms. The van der Waals surface area contributed by atoms with E-state index in [-0.39, 0.29) is 12.4 Å². The van der Waals surface area contributed by atoms with E-state index in [2.05, 4.69) is 15.9 Å². The van der Waals surface area contributed by atoms with E-state index in [0.29, 0.717) is 18.4 Å². The van der Waals surface area contributed by atoms with Crippen LogP contribution in [0.5, 0.6) is 0 Å². The van der Waals surface area contributed by atoms with Gasteiger partial charge in [0.2, 0.25) is 0 Å². The van der Waals surface area contributed by atoms with Gasteiger partial charge >= 0.3 is 5.97 Å². The van der Waals surface area contributed by atoms with E-state index in [4.69, 9.17) is 4.74 Å². The summed E-state index contributed by atoms with van der Waals surface area (Å²) < 4.78 is 5.90. The fraction of sp³-hybridized carbons (Fsp3) is 0.176. The van der Waals surface area contributed by atoms with Crippen LogP contribution >= 0.6 is 15.9 Å². The number of ketones is 1. The standard InChI is InChI=1S/C17H15BrO3/c18-15-9-7-14(8-10-15)17(20)21-12-16(19)11-6-13-4-2-1-3-5-13/h1-5,7-10H,6,11-12H2. The van der Waals surface area contributed by atoms with Gasteiger partial charge in [0.25, 0.3) is 0 Å². The van der Waals surface area contributed by atoms with Crippen LogP contribution in [0.15, 0.2) is 59.1 Å². The van der Waals surface area contributed by atoms with Gasteiger partial charge in [0.1, 0.15) is 6.61 Å². The minimum absolute atomic E-state index is 0.0793. The Labute approximate surface area is 132 Å². The summed E-state index contributed by atoms with van der Waals surface area (Å²) in [6.07, 6.45) is 1.03. The van der Waals surface area contributed by atoms with E-state index < -0.39 is 5.97 Å². The van der Waals surface area contributed by atoms with E-state index in [1.54, 1.807) is 24.3 Å². The van der Waals surface area contributed by atoms with Crippen LogP contribution in [0.25, 0.3) is 0 Å². The maximum atomic E-state index is 11.7. The lowest BCUT2D eigenvalue weighted by atomic mass is 10.1. The summed E-state index contributed by atoms with van der Waals surface area (Å²) in [6, 6.07) is 16.6. The van der Waals surface area contributed by atoms with E-state index in [1.807, 2.05) is 30.3 Å². The molecule has 0 spiro atoms. The summed E-state index contributed by atoms with van der Waals surface area (Å²) in [5, 5.41) is 0. The first-order valence-electron chi connectivity index (χ1n) is 6.63. The summed E-state index contributed by atoms with van der Waals surface area (Å²) in [7, 11) is 0. The summed E-state index contributed by atoms with van der Waals surface area (Å²) in [5.74, 6) is -0.556. The smallest absolute Gasteiger partial charge is 0.338 e. The van der Waals surface area contributed by atoms with E-state index in [0.717, 1.165) is 10.0 Å². The first-order chi connectivity index (χ1) is 10.1. The molecule has 0 atom stereocenters. The normalized spacial score (nSPS) is 10.1. The molecular weight excluding hydrogens is 332 g/mol. The van der Waals surface area contributed by atoms with Crippen LogP contribution in [0.4, 0.5) is 0 Å². The molecule has 0 saturated carbocycles. The summed E-state index contributed by atoms with van der Waals surface area (Å²) in [4.78, 5) is 23.5. The molecule has 3 nitrogen and oxygen atoms in total. The third-order valence-corrected chi connectivity index (χ3v) is 3.51. The fourth-order valence-electron chi connectivity index (χ4n) is 1.82. The van der Waals surface area contributed by atoms with Gasteiger partial charge in [-0.25, -0.2) is 4.79 Å². The van der Waals surface area contributed by atoms with Crippen molar-refractivity contribution < 1.29 is 14.3 Å². The zero-order valence-corrected chi connectivity index (χ0v) is 13.0. The number of ether oxygens (including phenoxy) is 1. The molecule has 2 aromatic rings. The van der Waals surface area contributed by atoms with Crippen LogP contribution < -0.4 is 0 Å². The van der Waals surface area contributed by atoms with Crippen molar-refractivity contribution in [1.82, 2.24) is 0 Å². The van der Waals surface area contributed by atoms with Crippen LogP contribution in [0.1, 0.15) is 22.3 Å². The average Bonchev–Trinajstić information content (AvgIpc) is 2.52. The zero-order valence-electron chi connectivity index (χ0n) is 11.4. The first kappa shape index (κ1) is 15.4. The molecule has 0 aliphatic carbocycles. The second-order valence-electron chi connectivity index (χ2n) is 4.61. The lowest BCUT2D eigenvalue weighted by Gasteiger charge is -2.05. The van der Waals surface area contributed by atoms with Crippen LogP contribution in [-0.2, 0) is 16.0 Å². The van der Waals surface area contributed by atoms with Gasteiger partial charge in [-0.2, -0.15) is 0 Å². The largest absolute Gasteiger partial charge is 0.454 e. The number of carbonyl (C=O) groups is 2. The molecule has 0 aromatic heterocycles. The average molecular weight is 347 g/mol. The van der Waals surface area contributed by atoms with Crippen molar-refractivity contribution in [2.45, 2.75) is 12.8 Å². The Morgan fingerprint density at radius 1 is 0.952 bits per heavy atom. The Bertz CT molecular complexity index is 606. The van der Waals surface area contributed by atoms with Crippen molar-refractivity contribution in [2.75, 3.05) is 6.61 Å². The summed E-state index contributed by atoms with van der Waals surface area (Å²) in [5.41, 5.74) is 1.54. The Morgan fingerprint density at radius 2 is 1.62 bits per heavy atom. The monoisotopic (exact) mass is 346 g/mol. The Kier molecular flexibility index (Phi) is 5.69. The van der Waals surface area contributed by atoms with Crippen LogP contribution in [0.3, 0.4) is 0 Å². The number of aryl methyl sites for hydroxylation is 1. The highest BCUT2D eigenvalue weighted by molar-refractivity contribution is 9.10. The molecule has 4 heteroatoms. The lowest BCUT2D eigenvalue weighted by molar-refractivity contribution is -0.122. The number of halogens is 1. The van der Waals surface area contributed by atoms with Crippen molar-refractivity contribution >= 4 is 27.7 Å². The van der Waals surface area contributed by atoms with Crippen LogP contribution in [0, 0.1) is 0 Å². The highest BCUT2D eigenvalue weighted by Gasteiger charge is 2.10. The van der Waals surface area contributed by atoms with Crippen molar-refractivity contribution in [3.8, 4) is 0 Å². The first-order valence-corrected chi connectivity index (χ1v) is 7.43. The minimum atomic E-state index is -0.476. The molecule has 0 saturated heterocycles. The van der Waals surface area contributed by atoms with Crippen molar-refractivity contribution in [2.24, 2.45) is 0 Å². The van der Waals surface area contributed by atoms with E-state index >= 15 is 0 Å². The number of Topliss-reactive ketones (excluding diaryl/α,β-unsaturated/α-hetero) is 1. The predicted molar refractivity (Wildman–Crippen MR) is 84.2 cm³/mol. The predicted octanol–water partition coefficient (Wildman–Crippen LogP) is 3.81. The second-order valence-corrected chi connectivity index (χ2v) is 5.52. The zero-order chi connectivity index (χ0) is 15.1. The molecule has 0 radical (unpaired) electrons. The number of esters is 1. The molecular formula is C17H15BrO3. The van der Waals surface area contributed by atoms with Crippen molar-refractivity contribution in [3.05, 3.63) is 70.2 Å². The quantitative estimate of drug-likeness (QED) is 0.747. The topological polar surface area (TPSA) is 43.4 Å². The molecule has 0 fully saturated rings. The van der Waals surface area contributed by atoms with Gasteiger partial charge < -0.3 is 4.74 Å². The Morgan fingerprint density at radius 3 is 2.29 bits per heavy atom. The molecule has 0 amide bonds. The number of hydrogen-bond acceptors (Lipinski definition) is 3. The SMILES string of the molecule is O=C(CCc1ccccc1)COC(=O)c1ccc(Br)cc1. The van der Waals surface area contributed by atoms with Crippen molar-refractivity contribution in [3.63, 3.8) is 0 Å². The minimum Gasteiger partial charge on any atom is -0.454 e. The molecule has 0 unspecified atom stereocenters. The maximum absolute atomic E-state index is 11.7. The summed E-state index contributed by atoms with van der Waals surface area (Å²) >= 11 is 3.29. The molecule has 0 aliphatic heterocycles.